The second-order valence-electron chi connectivity index (χ2n) is 7.81. The molecule has 0 aliphatic carbocycles. The van der Waals surface area contributed by atoms with Crippen LogP contribution in [0.1, 0.15) is 33.6 Å². The van der Waals surface area contributed by atoms with Crippen molar-refractivity contribution in [2.45, 2.75) is 51.7 Å². The second kappa shape index (κ2) is 10.3. The summed E-state index contributed by atoms with van der Waals surface area (Å²) in [4.78, 5) is 55.6. The number of non-ortho nitro benzene ring substituents is 1. The van der Waals surface area contributed by atoms with Crippen LogP contribution in [-0.4, -0.2) is 64.4 Å². The number of likely N-dealkylation sites (tertiary alicyclic amines) is 1. The average molecular weight is 435 g/mol. The quantitative estimate of drug-likeness (QED) is 0.461. The summed E-state index contributed by atoms with van der Waals surface area (Å²) in [6.07, 6.45) is 1.10. The van der Waals surface area contributed by atoms with Crippen molar-refractivity contribution in [3.63, 3.8) is 0 Å². The molecule has 1 saturated heterocycles. The number of carbonyl (C=O) groups is 3. The number of carbonyl (C=O) groups excluding carboxylic acids is 3. The molecule has 3 amide bonds. The van der Waals surface area contributed by atoms with Gasteiger partial charge in [0.1, 0.15) is 12.1 Å². The van der Waals surface area contributed by atoms with Crippen LogP contribution in [0.4, 0.5) is 11.4 Å². The van der Waals surface area contributed by atoms with E-state index in [0.717, 1.165) is 5.06 Å². The van der Waals surface area contributed by atoms with Crippen LogP contribution in [0.2, 0.25) is 0 Å². The van der Waals surface area contributed by atoms with Crippen molar-refractivity contribution >= 4 is 29.1 Å². The van der Waals surface area contributed by atoms with Crippen LogP contribution in [0.15, 0.2) is 24.3 Å². The molecule has 0 spiro atoms. The highest BCUT2D eigenvalue weighted by Crippen LogP contribution is 2.24. The lowest BCUT2D eigenvalue weighted by atomic mass is 10.0. The van der Waals surface area contributed by atoms with Gasteiger partial charge in [-0.1, -0.05) is 13.8 Å². The fourth-order valence-electron chi connectivity index (χ4n) is 3.60. The van der Waals surface area contributed by atoms with Gasteiger partial charge >= 0.3 is 0 Å². The summed E-state index contributed by atoms with van der Waals surface area (Å²) < 4.78 is 0. The van der Waals surface area contributed by atoms with E-state index in [0.29, 0.717) is 25.1 Å². The van der Waals surface area contributed by atoms with Gasteiger partial charge in [-0.3, -0.25) is 29.3 Å². The van der Waals surface area contributed by atoms with Crippen molar-refractivity contribution in [1.82, 2.24) is 9.96 Å². The zero-order chi connectivity index (χ0) is 23.3. The summed E-state index contributed by atoms with van der Waals surface area (Å²) in [6.45, 7) is 5.50. The van der Waals surface area contributed by atoms with Crippen molar-refractivity contribution in [2.75, 3.05) is 19.0 Å². The number of rotatable bonds is 8. The van der Waals surface area contributed by atoms with E-state index < -0.39 is 34.9 Å². The van der Waals surface area contributed by atoms with Crippen molar-refractivity contribution in [1.29, 1.82) is 0 Å². The maximum atomic E-state index is 13.2. The van der Waals surface area contributed by atoms with Crippen LogP contribution in [0.3, 0.4) is 0 Å². The van der Waals surface area contributed by atoms with E-state index in [4.69, 9.17) is 10.6 Å². The molecule has 0 aromatic heterocycles. The van der Waals surface area contributed by atoms with Gasteiger partial charge in [-0.25, -0.2) is 5.06 Å². The number of nitro groups is 1. The van der Waals surface area contributed by atoms with Crippen LogP contribution in [0.25, 0.3) is 0 Å². The number of hydroxylamine groups is 2. The molecule has 0 unspecified atom stereocenters. The van der Waals surface area contributed by atoms with Crippen LogP contribution in [-0.2, 0) is 19.2 Å². The first-order chi connectivity index (χ1) is 14.6. The van der Waals surface area contributed by atoms with Gasteiger partial charge in [-0.15, -0.1) is 0 Å². The number of hydrogen-bond acceptors (Lipinski definition) is 7. The van der Waals surface area contributed by atoms with Crippen molar-refractivity contribution in [3.05, 3.63) is 34.4 Å². The van der Waals surface area contributed by atoms with Gasteiger partial charge in [0, 0.05) is 24.4 Å². The Labute approximate surface area is 180 Å². The minimum Gasteiger partial charge on any atom is -0.329 e. The first-order valence-electron chi connectivity index (χ1n) is 10.1. The third-order valence-electron chi connectivity index (χ3n) is 5.12. The third kappa shape index (κ3) is 5.56. The Balaban J connectivity index is 2.22. The summed E-state index contributed by atoms with van der Waals surface area (Å²) in [7, 11) is 1.29. The van der Waals surface area contributed by atoms with E-state index in [9.17, 15) is 24.5 Å². The predicted octanol–water partition coefficient (Wildman–Crippen LogP) is 1.29. The van der Waals surface area contributed by atoms with E-state index in [2.05, 4.69) is 5.32 Å². The Hall–Kier alpha value is -3.05. The predicted molar refractivity (Wildman–Crippen MR) is 113 cm³/mol. The lowest BCUT2D eigenvalue weighted by molar-refractivity contribution is -0.384. The summed E-state index contributed by atoms with van der Waals surface area (Å²) in [5, 5.41) is 14.5. The van der Waals surface area contributed by atoms with Gasteiger partial charge in [0.25, 0.3) is 11.6 Å². The first kappa shape index (κ1) is 24.2. The third-order valence-corrected chi connectivity index (χ3v) is 5.12. The number of anilines is 1. The Kier molecular flexibility index (Phi) is 8.06. The number of nitrogens with zero attached hydrogens (tertiary/aromatic N) is 3. The highest BCUT2D eigenvalue weighted by Gasteiger charge is 2.42. The van der Waals surface area contributed by atoms with Gasteiger partial charge in [-0.2, -0.15) is 0 Å². The second-order valence-corrected chi connectivity index (χ2v) is 7.81. The molecule has 0 saturated carbocycles. The average Bonchev–Trinajstić information content (AvgIpc) is 3.20. The number of nitrogens with two attached hydrogens (primary N) is 1. The van der Waals surface area contributed by atoms with Crippen LogP contribution in [0, 0.1) is 16.0 Å². The monoisotopic (exact) mass is 435 g/mol. The summed E-state index contributed by atoms with van der Waals surface area (Å²) in [5.41, 5.74) is 5.95. The molecule has 0 bridgehead atoms. The molecule has 1 heterocycles. The molecular weight excluding hydrogens is 406 g/mol. The molecule has 3 atom stereocenters. The maximum absolute atomic E-state index is 13.2. The topological polar surface area (TPSA) is 148 Å². The van der Waals surface area contributed by atoms with E-state index in [1.54, 1.807) is 20.8 Å². The van der Waals surface area contributed by atoms with Gasteiger partial charge in [-0.05, 0) is 37.8 Å². The molecule has 0 radical (unpaired) electrons. The summed E-state index contributed by atoms with van der Waals surface area (Å²) in [6, 6.07) is 2.88. The molecule has 2 rings (SSSR count). The molecule has 3 N–H and O–H groups in total. The van der Waals surface area contributed by atoms with Gasteiger partial charge in [0.05, 0.1) is 18.1 Å². The van der Waals surface area contributed by atoms with E-state index >= 15 is 0 Å². The first-order valence-corrected chi connectivity index (χ1v) is 10.1. The highest BCUT2D eigenvalue weighted by atomic mass is 16.7. The number of amides is 3. The fourth-order valence-corrected chi connectivity index (χ4v) is 3.60. The smallest absolute Gasteiger partial charge is 0.269 e. The Bertz CT molecular complexity index is 826. The minimum absolute atomic E-state index is 0.104. The highest BCUT2D eigenvalue weighted by molar-refractivity contribution is 5.98. The molecule has 1 fully saturated rings. The Morgan fingerprint density at radius 3 is 2.35 bits per heavy atom. The zero-order valence-corrected chi connectivity index (χ0v) is 18.1. The van der Waals surface area contributed by atoms with Gasteiger partial charge < -0.3 is 16.0 Å². The Morgan fingerprint density at radius 1 is 1.26 bits per heavy atom. The zero-order valence-electron chi connectivity index (χ0n) is 18.1. The standard InChI is InChI=1S/C20H29N5O6/c1-12(2)17(18(26)22-14-7-9-15(10-8-14)25(29)30)24(31-4)20(28)16-6-5-11-23(16)19(27)13(3)21/h7-10,12-13,16-17H,5-6,11,21H2,1-4H3,(H,22,26)/t13-,16-,17-/m0/s1. The van der Waals surface area contributed by atoms with Crippen molar-refractivity contribution in [2.24, 2.45) is 11.7 Å². The maximum Gasteiger partial charge on any atom is 0.269 e. The molecule has 1 aromatic carbocycles. The van der Waals surface area contributed by atoms with E-state index in [-0.39, 0.29) is 17.5 Å². The van der Waals surface area contributed by atoms with Crippen LogP contribution < -0.4 is 11.1 Å². The molecule has 170 valence electrons. The lowest BCUT2D eigenvalue weighted by Crippen LogP contribution is -2.56. The summed E-state index contributed by atoms with van der Waals surface area (Å²) >= 11 is 0. The van der Waals surface area contributed by atoms with Crippen LogP contribution >= 0.6 is 0 Å². The number of hydrogen-bond donors (Lipinski definition) is 2. The molecule has 11 nitrogen and oxygen atoms in total. The fraction of sp³-hybridized carbons (Fsp3) is 0.550. The van der Waals surface area contributed by atoms with Gasteiger partial charge in [0.2, 0.25) is 11.8 Å². The van der Waals surface area contributed by atoms with Crippen LogP contribution in [0.5, 0.6) is 0 Å². The number of nitrogens with one attached hydrogen (secondary N) is 1. The molecule has 1 aliphatic rings. The Morgan fingerprint density at radius 2 is 1.87 bits per heavy atom. The normalized spacial score (nSPS) is 17.9. The number of nitro benzene ring substituents is 1. The van der Waals surface area contributed by atoms with E-state index in [1.165, 1.54) is 36.3 Å². The number of benzene rings is 1. The molecule has 1 aliphatic heterocycles. The summed E-state index contributed by atoms with van der Waals surface area (Å²) in [5.74, 6) is -1.65. The van der Waals surface area contributed by atoms with E-state index in [1.807, 2.05) is 0 Å². The SMILES string of the molecule is CON(C(=O)[C@@H]1CCCN1C(=O)[C@H](C)N)[C@H](C(=O)Nc1ccc([N+](=O)[O-])cc1)C(C)C. The van der Waals surface area contributed by atoms with Gasteiger partial charge in [0.15, 0.2) is 0 Å². The largest absolute Gasteiger partial charge is 0.329 e. The van der Waals surface area contributed by atoms with Crippen molar-refractivity contribution in [3.8, 4) is 0 Å². The van der Waals surface area contributed by atoms with Crippen molar-refractivity contribution < 1.29 is 24.1 Å². The molecule has 11 heteroatoms. The molecule has 1 aromatic rings. The molecule has 31 heavy (non-hydrogen) atoms. The minimum atomic E-state index is -0.986. The lowest BCUT2D eigenvalue weighted by Gasteiger charge is -2.35. The molecular formula is C20H29N5O6.